The number of carbonyl (C=O) groups excluding carboxylic acids is 2. The van der Waals surface area contributed by atoms with Crippen LogP contribution in [0.4, 0.5) is 4.39 Å². The summed E-state index contributed by atoms with van der Waals surface area (Å²) in [5.74, 6) is -1.36. The summed E-state index contributed by atoms with van der Waals surface area (Å²) in [5, 5.41) is 2.47. The summed E-state index contributed by atoms with van der Waals surface area (Å²) in [6.07, 6.45) is 0. The van der Waals surface area contributed by atoms with Gasteiger partial charge in [0.1, 0.15) is 11.9 Å². The lowest BCUT2D eigenvalue weighted by Gasteiger charge is -2.12. The Hall–Kier alpha value is -1.91. The predicted molar refractivity (Wildman–Crippen MR) is 60.1 cm³/mol. The highest BCUT2D eigenvalue weighted by Crippen LogP contribution is 2.10. The van der Waals surface area contributed by atoms with E-state index in [4.69, 9.17) is 0 Å². The molecule has 0 fully saturated rings. The van der Waals surface area contributed by atoms with Gasteiger partial charge in [-0.15, -0.1) is 0 Å². The number of hydrogen-bond acceptors (Lipinski definition) is 3. The number of hydrogen-bond donors (Lipinski definition) is 1. The Labute approximate surface area is 98.8 Å². The summed E-state index contributed by atoms with van der Waals surface area (Å²) >= 11 is 0. The van der Waals surface area contributed by atoms with Crippen molar-refractivity contribution >= 4 is 11.9 Å². The number of esters is 1. The summed E-state index contributed by atoms with van der Waals surface area (Å²) in [5.41, 5.74) is 0.849. The number of amides is 1. The molecule has 1 atom stereocenters. The fourth-order valence-corrected chi connectivity index (χ4v) is 1.39. The highest BCUT2D eigenvalue weighted by Gasteiger charge is 2.17. The maximum atomic E-state index is 12.9. The van der Waals surface area contributed by atoms with Gasteiger partial charge in [-0.05, 0) is 37.6 Å². The lowest BCUT2D eigenvalue weighted by atomic mass is 10.1. The third-order valence-corrected chi connectivity index (χ3v) is 2.34. The minimum absolute atomic E-state index is 0.335. The highest BCUT2D eigenvalue weighted by atomic mass is 19.1. The predicted octanol–water partition coefficient (Wildman–Crippen LogP) is 1.43. The van der Waals surface area contributed by atoms with Crippen molar-refractivity contribution in [2.45, 2.75) is 19.9 Å². The number of aryl methyl sites for hydroxylation is 1. The van der Waals surface area contributed by atoms with E-state index >= 15 is 0 Å². The monoisotopic (exact) mass is 239 g/mol. The van der Waals surface area contributed by atoms with Crippen molar-refractivity contribution in [2.24, 2.45) is 0 Å². The van der Waals surface area contributed by atoms with Crippen molar-refractivity contribution in [3.63, 3.8) is 0 Å². The van der Waals surface area contributed by atoms with Gasteiger partial charge in [-0.1, -0.05) is 0 Å². The second-order valence-electron chi connectivity index (χ2n) is 3.68. The number of rotatable bonds is 3. The molecule has 1 unspecified atom stereocenters. The van der Waals surface area contributed by atoms with Gasteiger partial charge < -0.3 is 10.1 Å². The third kappa shape index (κ3) is 3.27. The molecular formula is C12H14FNO3. The van der Waals surface area contributed by atoms with Crippen LogP contribution in [0.15, 0.2) is 18.2 Å². The Kier molecular flexibility index (Phi) is 4.20. The number of halogens is 1. The molecule has 0 saturated carbocycles. The van der Waals surface area contributed by atoms with E-state index in [2.05, 4.69) is 10.1 Å². The van der Waals surface area contributed by atoms with Gasteiger partial charge >= 0.3 is 5.97 Å². The van der Waals surface area contributed by atoms with E-state index in [1.54, 1.807) is 6.92 Å². The van der Waals surface area contributed by atoms with Gasteiger partial charge in [-0.25, -0.2) is 9.18 Å². The van der Waals surface area contributed by atoms with Gasteiger partial charge in [-0.2, -0.15) is 0 Å². The van der Waals surface area contributed by atoms with Crippen LogP contribution < -0.4 is 5.32 Å². The molecule has 0 aromatic heterocycles. The minimum Gasteiger partial charge on any atom is -0.467 e. The molecule has 0 aliphatic rings. The zero-order chi connectivity index (χ0) is 13.0. The Balaban J connectivity index is 2.80. The van der Waals surface area contributed by atoms with Crippen LogP contribution in [0.1, 0.15) is 22.8 Å². The van der Waals surface area contributed by atoms with Crippen molar-refractivity contribution in [2.75, 3.05) is 7.11 Å². The quantitative estimate of drug-likeness (QED) is 0.812. The lowest BCUT2D eigenvalue weighted by molar-refractivity contribution is -0.142. The molecule has 0 heterocycles. The van der Waals surface area contributed by atoms with E-state index in [0.717, 1.165) is 0 Å². The molecular weight excluding hydrogens is 225 g/mol. The first-order chi connectivity index (χ1) is 7.95. The van der Waals surface area contributed by atoms with Crippen molar-refractivity contribution in [1.82, 2.24) is 5.32 Å². The largest absolute Gasteiger partial charge is 0.467 e. The Morgan fingerprint density at radius 3 is 2.59 bits per heavy atom. The van der Waals surface area contributed by atoms with E-state index in [0.29, 0.717) is 11.1 Å². The highest BCUT2D eigenvalue weighted by molar-refractivity contribution is 5.97. The summed E-state index contributed by atoms with van der Waals surface area (Å²) in [6, 6.07) is 3.10. The summed E-state index contributed by atoms with van der Waals surface area (Å²) in [6.45, 7) is 3.14. The Morgan fingerprint density at radius 1 is 1.41 bits per heavy atom. The van der Waals surface area contributed by atoms with Gasteiger partial charge in [0.15, 0.2) is 0 Å². The van der Waals surface area contributed by atoms with Crippen molar-refractivity contribution in [3.8, 4) is 0 Å². The molecule has 1 aromatic carbocycles. The van der Waals surface area contributed by atoms with E-state index in [9.17, 15) is 14.0 Å². The lowest BCUT2D eigenvalue weighted by Crippen LogP contribution is -2.39. The third-order valence-electron chi connectivity index (χ3n) is 2.34. The SMILES string of the molecule is COC(=O)C(C)NC(=O)c1ccc(F)cc1C. The Morgan fingerprint density at radius 2 is 2.06 bits per heavy atom. The number of nitrogens with one attached hydrogen (secondary N) is 1. The van der Waals surface area contributed by atoms with Crippen LogP contribution in [0.2, 0.25) is 0 Å². The average molecular weight is 239 g/mol. The molecule has 0 aliphatic heterocycles. The molecule has 1 rings (SSSR count). The van der Waals surface area contributed by atoms with Gasteiger partial charge in [0, 0.05) is 5.56 Å². The first-order valence-electron chi connectivity index (χ1n) is 5.10. The molecule has 1 N–H and O–H groups in total. The van der Waals surface area contributed by atoms with Crippen molar-refractivity contribution < 1.29 is 18.7 Å². The molecule has 1 amide bonds. The molecule has 0 bridgehead atoms. The first-order valence-corrected chi connectivity index (χ1v) is 5.10. The first kappa shape index (κ1) is 13.2. The van der Waals surface area contributed by atoms with Crippen LogP contribution in [0.3, 0.4) is 0 Å². The van der Waals surface area contributed by atoms with Crippen molar-refractivity contribution in [3.05, 3.63) is 35.1 Å². The molecule has 0 radical (unpaired) electrons. The fraction of sp³-hybridized carbons (Fsp3) is 0.333. The normalized spacial score (nSPS) is 11.8. The molecule has 17 heavy (non-hydrogen) atoms. The van der Waals surface area contributed by atoms with Crippen LogP contribution in [0, 0.1) is 12.7 Å². The smallest absolute Gasteiger partial charge is 0.328 e. The summed E-state index contributed by atoms with van der Waals surface area (Å²) in [4.78, 5) is 22.9. The molecule has 0 aliphatic carbocycles. The fourth-order valence-electron chi connectivity index (χ4n) is 1.39. The standard InChI is InChI=1S/C12H14FNO3/c1-7-6-9(13)4-5-10(7)11(15)14-8(2)12(16)17-3/h4-6,8H,1-3H3,(H,14,15). The molecule has 1 aromatic rings. The van der Waals surface area contributed by atoms with Gasteiger partial charge in [-0.3, -0.25) is 4.79 Å². The van der Waals surface area contributed by atoms with E-state index in [1.807, 2.05) is 0 Å². The maximum absolute atomic E-state index is 12.9. The van der Waals surface area contributed by atoms with Crippen LogP contribution >= 0.6 is 0 Å². The number of methoxy groups -OCH3 is 1. The van der Waals surface area contributed by atoms with Crippen molar-refractivity contribution in [1.29, 1.82) is 0 Å². The van der Waals surface area contributed by atoms with E-state index < -0.39 is 23.7 Å². The van der Waals surface area contributed by atoms with E-state index in [-0.39, 0.29) is 0 Å². The number of benzene rings is 1. The van der Waals surface area contributed by atoms with Gasteiger partial charge in [0.25, 0.3) is 5.91 Å². The molecule has 4 nitrogen and oxygen atoms in total. The second-order valence-corrected chi connectivity index (χ2v) is 3.68. The number of ether oxygens (including phenoxy) is 1. The van der Waals surface area contributed by atoms with Crippen LogP contribution in [-0.2, 0) is 9.53 Å². The molecule has 0 spiro atoms. The van der Waals surface area contributed by atoms with E-state index in [1.165, 1.54) is 32.2 Å². The molecule has 92 valence electrons. The molecule has 5 heteroatoms. The maximum Gasteiger partial charge on any atom is 0.328 e. The van der Waals surface area contributed by atoms with Crippen LogP contribution in [0.25, 0.3) is 0 Å². The van der Waals surface area contributed by atoms with Gasteiger partial charge in [0.2, 0.25) is 0 Å². The van der Waals surface area contributed by atoms with Crippen LogP contribution in [0.5, 0.6) is 0 Å². The molecule has 0 saturated heterocycles. The zero-order valence-electron chi connectivity index (χ0n) is 9.91. The summed E-state index contributed by atoms with van der Waals surface area (Å²) < 4.78 is 17.3. The average Bonchev–Trinajstić information content (AvgIpc) is 2.27. The summed E-state index contributed by atoms with van der Waals surface area (Å²) in [7, 11) is 1.24. The van der Waals surface area contributed by atoms with Gasteiger partial charge in [0.05, 0.1) is 7.11 Å². The van der Waals surface area contributed by atoms with Crippen LogP contribution in [-0.4, -0.2) is 25.0 Å². The second kappa shape index (κ2) is 5.43. The number of carbonyl (C=O) groups is 2. The zero-order valence-corrected chi connectivity index (χ0v) is 9.91. The minimum atomic E-state index is -0.739. The Bertz CT molecular complexity index is 445. The topological polar surface area (TPSA) is 55.4 Å².